The number of rotatable bonds is 3. The number of para-hydroxylation sites is 1. The van der Waals surface area contributed by atoms with Crippen LogP contribution in [0.1, 0.15) is 16.1 Å². The lowest BCUT2D eigenvalue weighted by Gasteiger charge is -1.99. The van der Waals surface area contributed by atoms with Gasteiger partial charge in [0.2, 0.25) is 0 Å². The summed E-state index contributed by atoms with van der Waals surface area (Å²) in [4.78, 5) is 14.9. The third-order valence-corrected chi connectivity index (χ3v) is 3.54. The van der Waals surface area contributed by atoms with Crippen LogP contribution in [0, 0.1) is 5.82 Å². The fourth-order valence-electron chi connectivity index (χ4n) is 2.04. The van der Waals surface area contributed by atoms with Gasteiger partial charge in [-0.25, -0.2) is 9.82 Å². The maximum Gasteiger partial charge on any atom is 0.271 e. The van der Waals surface area contributed by atoms with Crippen molar-refractivity contribution >= 4 is 34.6 Å². The Hall–Kier alpha value is -2.66. The molecule has 22 heavy (non-hydrogen) atoms. The molecular formula is C16H11ClFN3O. The summed E-state index contributed by atoms with van der Waals surface area (Å²) in [6.45, 7) is 0. The molecule has 2 aromatic carbocycles. The molecule has 0 fully saturated rings. The second-order valence-corrected chi connectivity index (χ2v) is 4.98. The number of aromatic amines is 1. The highest BCUT2D eigenvalue weighted by atomic mass is 35.5. The number of benzene rings is 2. The summed E-state index contributed by atoms with van der Waals surface area (Å²) in [7, 11) is 0. The van der Waals surface area contributed by atoms with Crippen molar-refractivity contribution in [2.45, 2.75) is 0 Å². The van der Waals surface area contributed by atoms with Gasteiger partial charge in [-0.05, 0) is 30.3 Å². The third kappa shape index (κ3) is 2.84. The molecule has 4 nitrogen and oxygen atoms in total. The first-order valence-electron chi connectivity index (χ1n) is 6.50. The fraction of sp³-hybridized carbons (Fsp3) is 0. The van der Waals surface area contributed by atoms with Gasteiger partial charge in [0.15, 0.2) is 0 Å². The molecule has 2 N–H and O–H groups in total. The summed E-state index contributed by atoms with van der Waals surface area (Å²) in [5.41, 5.74) is 4.18. The Bertz CT molecular complexity index is 855. The second-order valence-electron chi connectivity index (χ2n) is 4.60. The first-order chi connectivity index (χ1) is 10.6. The lowest BCUT2D eigenvalue weighted by Crippen LogP contribution is -2.17. The van der Waals surface area contributed by atoms with Crippen LogP contribution in [0.2, 0.25) is 5.02 Å². The summed E-state index contributed by atoms with van der Waals surface area (Å²) >= 11 is 6.23. The molecule has 0 aliphatic carbocycles. The SMILES string of the molecule is O=C(N/N=C/c1[nH]c2ccccc2c1Cl)c1ccc(F)cc1. The van der Waals surface area contributed by atoms with Gasteiger partial charge >= 0.3 is 0 Å². The predicted octanol–water partition coefficient (Wildman–Crippen LogP) is 3.72. The van der Waals surface area contributed by atoms with Gasteiger partial charge < -0.3 is 4.98 Å². The van der Waals surface area contributed by atoms with Crippen LogP contribution in [-0.2, 0) is 0 Å². The lowest BCUT2D eigenvalue weighted by molar-refractivity contribution is 0.0955. The highest BCUT2D eigenvalue weighted by Gasteiger charge is 2.07. The van der Waals surface area contributed by atoms with Crippen LogP contribution in [0.4, 0.5) is 4.39 Å². The van der Waals surface area contributed by atoms with Crippen LogP contribution in [0.25, 0.3) is 10.9 Å². The largest absolute Gasteiger partial charge is 0.352 e. The van der Waals surface area contributed by atoms with Gasteiger partial charge in [-0.1, -0.05) is 29.8 Å². The van der Waals surface area contributed by atoms with Crippen molar-refractivity contribution in [3.63, 3.8) is 0 Å². The number of hydrazone groups is 1. The van der Waals surface area contributed by atoms with Gasteiger partial charge in [0.1, 0.15) is 5.82 Å². The van der Waals surface area contributed by atoms with Gasteiger partial charge in [0, 0.05) is 16.5 Å². The summed E-state index contributed by atoms with van der Waals surface area (Å²) in [5.74, 6) is -0.826. The van der Waals surface area contributed by atoms with Crippen molar-refractivity contribution in [1.82, 2.24) is 10.4 Å². The molecule has 3 aromatic rings. The number of aromatic nitrogens is 1. The van der Waals surface area contributed by atoms with Crippen molar-refractivity contribution in [3.8, 4) is 0 Å². The van der Waals surface area contributed by atoms with E-state index < -0.39 is 11.7 Å². The van der Waals surface area contributed by atoms with E-state index in [0.29, 0.717) is 16.3 Å². The standard InChI is InChI=1S/C16H11ClFN3O/c17-15-12-3-1-2-4-13(12)20-14(15)9-19-21-16(22)10-5-7-11(18)8-6-10/h1-9,20H,(H,21,22)/b19-9+. The highest BCUT2D eigenvalue weighted by Crippen LogP contribution is 2.25. The van der Waals surface area contributed by atoms with Crippen molar-refractivity contribution in [3.05, 3.63) is 70.6 Å². The molecule has 0 aliphatic rings. The molecule has 1 aromatic heterocycles. The van der Waals surface area contributed by atoms with E-state index in [4.69, 9.17) is 11.6 Å². The minimum absolute atomic E-state index is 0.321. The Balaban J connectivity index is 1.74. The average Bonchev–Trinajstić information content (AvgIpc) is 2.85. The summed E-state index contributed by atoms with van der Waals surface area (Å²) < 4.78 is 12.8. The first kappa shape index (κ1) is 14.3. The predicted molar refractivity (Wildman–Crippen MR) is 84.8 cm³/mol. The van der Waals surface area contributed by atoms with Crippen molar-refractivity contribution in [2.24, 2.45) is 5.10 Å². The van der Waals surface area contributed by atoms with Gasteiger partial charge in [-0.15, -0.1) is 0 Å². The molecule has 0 bridgehead atoms. The molecule has 0 atom stereocenters. The van der Waals surface area contributed by atoms with E-state index in [1.807, 2.05) is 24.3 Å². The molecule has 110 valence electrons. The first-order valence-corrected chi connectivity index (χ1v) is 6.88. The fourth-order valence-corrected chi connectivity index (χ4v) is 2.30. The molecule has 0 saturated carbocycles. The Labute approximate surface area is 130 Å². The number of amides is 1. The van der Waals surface area contributed by atoms with E-state index in [1.165, 1.54) is 30.5 Å². The molecule has 0 aliphatic heterocycles. The molecular weight excluding hydrogens is 305 g/mol. The van der Waals surface area contributed by atoms with E-state index >= 15 is 0 Å². The molecule has 1 heterocycles. The molecule has 0 radical (unpaired) electrons. The van der Waals surface area contributed by atoms with E-state index in [0.717, 1.165) is 10.9 Å². The maximum atomic E-state index is 12.8. The van der Waals surface area contributed by atoms with Crippen molar-refractivity contribution in [1.29, 1.82) is 0 Å². The zero-order valence-corrected chi connectivity index (χ0v) is 12.1. The smallest absolute Gasteiger partial charge is 0.271 e. The number of carbonyl (C=O) groups excluding carboxylic acids is 1. The van der Waals surface area contributed by atoms with E-state index in [-0.39, 0.29) is 0 Å². The maximum absolute atomic E-state index is 12.8. The monoisotopic (exact) mass is 315 g/mol. The molecule has 6 heteroatoms. The molecule has 0 saturated heterocycles. The Kier molecular flexibility index (Phi) is 3.89. The highest BCUT2D eigenvalue weighted by molar-refractivity contribution is 6.38. The van der Waals surface area contributed by atoms with Crippen LogP contribution in [0.3, 0.4) is 0 Å². The second kappa shape index (κ2) is 5.99. The Morgan fingerprint density at radius 1 is 1.18 bits per heavy atom. The normalized spacial score (nSPS) is 11.2. The molecule has 0 spiro atoms. The topological polar surface area (TPSA) is 57.2 Å². The Morgan fingerprint density at radius 3 is 2.64 bits per heavy atom. The minimum Gasteiger partial charge on any atom is -0.352 e. The van der Waals surface area contributed by atoms with Crippen molar-refractivity contribution < 1.29 is 9.18 Å². The van der Waals surface area contributed by atoms with E-state index in [9.17, 15) is 9.18 Å². The van der Waals surface area contributed by atoms with Crippen LogP contribution in [0.5, 0.6) is 0 Å². The van der Waals surface area contributed by atoms with Gasteiger partial charge in [-0.2, -0.15) is 5.10 Å². The number of hydrogen-bond acceptors (Lipinski definition) is 2. The van der Waals surface area contributed by atoms with Crippen LogP contribution >= 0.6 is 11.6 Å². The number of fused-ring (bicyclic) bond motifs is 1. The third-order valence-electron chi connectivity index (χ3n) is 3.14. The molecule has 0 unspecified atom stereocenters. The number of nitrogens with zero attached hydrogens (tertiary/aromatic N) is 1. The van der Waals surface area contributed by atoms with Crippen LogP contribution < -0.4 is 5.43 Å². The van der Waals surface area contributed by atoms with Gasteiger partial charge in [0.25, 0.3) is 5.91 Å². The number of carbonyl (C=O) groups is 1. The minimum atomic E-state index is -0.427. The quantitative estimate of drug-likeness (QED) is 0.561. The van der Waals surface area contributed by atoms with Crippen molar-refractivity contribution in [2.75, 3.05) is 0 Å². The number of hydrogen-bond donors (Lipinski definition) is 2. The number of nitrogens with one attached hydrogen (secondary N) is 2. The average molecular weight is 316 g/mol. The molecule has 3 rings (SSSR count). The zero-order valence-electron chi connectivity index (χ0n) is 11.3. The summed E-state index contributed by atoms with van der Waals surface area (Å²) in [5, 5.41) is 5.28. The van der Waals surface area contributed by atoms with Crippen LogP contribution in [-0.4, -0.2) is 17.1 Å². The summed E-state index contributed by atoms with van der Waals surface area (Å²) in [6.07, 6.45) is 1.43. The van der Waals surface area contributed by atoms with Gasteiger partial charge in [0.05, 0.1) is 16.9 Å². The lowest BCUT2D eigenvalue weighted by atomic mass is 10.2. The van der Waals surface area contributed by atoms with Crippen LogP contribution in [0.15, 0.2) is 53.6 Å². The Morgan fingerprint density at radius 2 is 1.91 bits per heavy atom. The zero-order chi connectivity index (χ0) is 15.5. The number of halogens is 2. The summed E-state index contributed by atoms with van der Waals surface area (Å²) in [6, 6.07) is 12.8. The number of H-pyrrole nitrogens is 1. The van der Waals surface area contributed by atoms with E-state index in [2.05, 4.69) is 15.5 Å². The van der Waals surface area contributed by atoms with Gasteiger partial charge in [-0.3, -0.25) is 4.79 Å². The van der Waals surface area contributed by atoms with E-state index in [1.54, 1.807) is 0 Å². The molecule has 1 amide bonds.